The molecule has 0 saturated heterocycles. The number of hydrogen-bond donors (Lipinski definition) is 1. The van der Waals surface area contributed by atoms with Gasteiger partial charge in [-0.3, -0.25) is 4.79 Å². The maximum absolute atomic E-state index is 11.1. The van der Waals surface area contributed by atoms with Crippen molar-refractivity contribution in [3.05, 3.63) is 24.3 Å². The smallest absolute Gasteiger partial charge is 0.224 e. The Bertz CT molecular complexity index is 308. The molecule has 1 rings (SSSR count). The van der Waals surface area contributed by atoms with Crippen LogP contribution in [0.1, 0.15) is 26.7 Å². The Kier molecular flexibility index (Phi) is 5.26. The van der Waals surface area contributed by atoms with E-state index in [4.69, 9.17) is 0 Å². The highest BCUT2D eigenvalue weighted by molar-refractivity contribution is 7.99. The fourth-order valence-electron chi connectivity index (χ4n) is 1.10. The molecule has 0 unspecified atom stereocenters. The number of carbonyl (C=O) groups is 1. The van der Waals surface area contributed by atoms with Crippen molar-refractivity contribution in [1.82, 2.24) is 0 Å². The molecule has 0 spiro atoms. The summed E-state index contributed by atoms with van der Waals surface area (Å²) in [6, 6.07) is 7.99. The lowest BCUT2D eigenvalue weighted by Gasteiger charge is -2.04. The van der Waals surface area contributed by atoms with E-state index in [0.717, 1.165) is 11.4 Å². The van der Waals surface area contributed by atoms with Gasteiger partial charge in [0.15, 0.2) is 0 Å². The number of benzene rings is 1. The van der Waals surface area contributed by atoms with Crippen LogP contribution >= 0.6 is 11.8 Å². The molecule has 2 nitrogen and oxygen atoms in total. The molecule has 0 fully saturated rings. The maximum atomic E-state index is 11.1. The van der Waals surface area contributed by atoms with Crippen LogP contribution in [0.4, 0.5) is 5.69 Å². The second-order valence-corrected chi connectivity index (χ2v) is 4.44. The third-order valence-corrected chi connectivity index (χ3v) is 3.15. The van der Waals surface area contributed by atoms with E-state index in [0.29, 0.717) is 6.42 Å². The lowest BCUT2D eigenvalue weighted by atomic mass is 10.3. The number of nitrogens with one attached hydrogen (secondary N) is 1. The van der Waals surface area contributed by atoms with E-state index in [1.807, 2.05) is 43.0 Å². The van der Waals surface area contributed by atoms with Gasteiger partial charge in [-0.15, -0.1) is 11.8 Å². The molecule has 0 aromatic heterocycles. The number of hydrogen-bond acceptors (Lipinski definition) is 2. The summed E-state index contributed by atoms with van der Waals surface area (Å²) >= 11 is 1.84. The van der Waals surface area contributed by atoms with Crippen molar-refractivity contribution in [2.45, 2.75) is 31.6 Å². The van der Waals surface area contributed by atoms with Gasteiger partial charge in [0.05, 0.1) is 0 Å². The highest BCUT2D eigenvalue weighted by atomic mass is 32.2. The number of rotatable bonds is 5. The number of thioether (sulfide) groups is 1. The number of carbonyl (C=O) groups excluding carboxylic acids is 1. The van der Waals surface area contributed by atoms with Crippen molar-refractivity contribution < 1.29 is 4.79 Å². The van der Waals surface area contributed by atoms with Gasteiger partial charge in [0.2, 0.25) is 5.91 Å². The van der Waals surface area contributed by atoms with E-state index in [-0.39, 0.29) is 5.91 Å². The average molecular weight is 223 g/mol. The molecule has 0 aliphatic rings. The van der Waals surface area contributed by atoms with E-state index < -0.39 is 0 Å². The van der Waals surface area contributed by atoms with Crippen molar-refractivity contribution in [1.29, 1.82) is 0 Å². The summed E-state index contributed by atoms with van der Waals surface area (Å²) in [7, 11) is 0. The summed E-state index contributed by atoms with van der Waals surface area (Å²) in [4.78, 5) is 12.4. The Morgan fingerprint density at radius 3 is 2.47 bits per heavy atom. The molecule has 0 bridgehead atoms. The molecular weight excluding hydrogens is 206 g/mol. The van der Waals surface area contributed by atoms with Gasteiger partial charge in [0.1, 0.15) is 0 Å². The zero-order chi connectivity index (χ0) is 11.1. The lowest BCUT2D eigenvalue weighted by molar-refractivity contribution is -0.115. The summed E-state index contributed by atoms with van der Waals surface area (Å²) in [6.45, 7) is 4.02. The first-order chi connectivity index (χ1) is 7.26. The first-order valence-electron chi connectivity index (χ1n) is 5.29. The fourth-order valence-corrected chi connectivity index (χ4v) is 1.87. The van der Waals surface area contributed by atoms with Crippen molar-refractivity contribution >= 4 is 23.4 Å². The van der Waals surface area contributed by atoms with E-state index in [2.05, 4.69) is 12.2 Å². The van der Waals surface area contributed by atoms with E-state index in [1.54, 1.807) is 0 Å². The van der Waals surface area contributed by atoms with Crippen LogP contribution in [-0.4, -0.2) is 11.7 Å². The molecule has 0 radical (unpaired) electrons. The van der Waals surface area contributed by atoms with Crippen LogP contribution in [0, 0.1) is 0 Å². The maximum Gasteiger partial charge on any atom is 0.224 e. The molecule has 82 valence electrons. The Balaban J connectivity index is 2.52. The topological polar surface area (TPSA) is 29.1 Å². The predicted octanol–water partition coefficient (Wildman–Crippen LogP) is 3.54. The van der Waals surface area contributed by atoms with Crippen molar-refractivity contribution in [3.8, 4) is 0 Å². The molecule has 1 amide bonds. The quantitative estimate of drug-likeness (QED) is 0.774. The largest absolute Gasteiger partial charge is 0.326 e. The van der Waals surface area contributed by atoms with Crippen LogP contribution in [0.3, 0.4) is 0 Å². The predicted molar refractivity (Wildman–Crippen MR) is 66.4 cm³/mol. The number of anilines is 1. The third-order valence-electron chi connectivity index (χ3n) is 1.93. The SMILES string of the molecule is CCCSc1ccc(NC(=O)CC)cc1. The first-order valence-corrected chi connectivity index (χ1v) is 6.27. The molecule has 0 atom stereocenters. The van der Waals surface area contributed by atoms with Gasteiger partial charge in [-0.2, -0.15) is 0 Å². The normalized spacial score (nSPS) is 10.0. The van der Waals surface area contributed by atoms with Crippen LogP contribution in [0.25, 0.3) is 0 Å². The summed E-state index contributed by atoms with van der Waals surface area (Å²) in [5.41, 5.74) is 0.877. The van der Waals surface area contributed by atoms with Gasteiger partial charge >= 0.3 is 0 Å². The standard InChI is InChI=1S/C12H17NOS/c1-3-9-15-11-7-5-10(6-8-11)13-12(14)4-2/h5-8H,3-4,9H2,1-2H3,(H,13,14). The van der Waals surface area contributed by atoms with Gasteiger partial charge < -0.3 is 5.32 Å². The second kappa shape index (κ2) is 6.51. The van der Waals surface area contributed by atoms with E-state index in [1.165, 1.54) is 11.3 Å². The minimum Gasteiger partial charge on any atom is -0.326 e. The van der Waals surface area contributed by atoms with Gasteiger partial charge in [0.25, 0.3) is 0 Å². The minimum atomic E-state index is 0.0592. The van der Waals surface area contributed by atoms with Crippen LogP contribution in [0.15, 0.2) is 29.2 Å². The Hall–Kier alpha value is -0.960. The van der Waals surface area contributed by atoms with Crippen LogP contribution in [-0.2, 0) is 4.79 Å². The molecule has 1 aromatic carbocycles. The van der Waals surface area contributed by atoms with Gasteiger partial charge in [0, 0.05) is 17.0 Å². The van der Waals surface area contributed by atoms with Crippen LogP contribution in [0.5, 0.6) is 0 Å². The molecule has 0 aliphatic carbocycles. The van der Waals surface area contributed by atoms with Crippen molar-refractivity contribution in [2.24, 2.45) is 0 Å². The highest BCUT2D eigenvalue weighted by Gasteiger charge is 1.98. The molecule has 1 aromatic rings. The third kappa shape index (κ3) is 4.38. The first kappa shape index (κ1) is 12.1. The Morgan fingerprint density at radius 1 is 1.27 bits per heavy atom. The average Bonchev–Trinajstić information content (AvgIpc) is 2.28. The molecule has 0 aliphatic heterocycles. The molecule has 0 heterocycles. The lowest BCUT2D eigenvalue weighted by Crippen LogP contribution is -2.08. The molecule has 3 heteroatoms. The van der Waals surface area contributed by atoms with Crippen LogP contribution in [0.2, 0.25) is 0 Å². The van der Waals surface area contributed by atoms with Gasteiger partial charge in [-0.25, -0.2) is 0 Å². The molecule has 1 N–H and O–H groups in total. The summed E-state index contributed by atoms with van der Waals surface area (Å²) in [6.07, 6.45) is 1.70. The summed E-state index contributed by atoms with van der Waals surface area (Å²) < 4.78 is 0. The van der Waals surface area contributed by atoms with Gasteiger partial charge in [-0.1, -0.05) is 13.8 Å². The van der Waals surface area contributed by atoms with Gasteiger partial charge in [-0.05, 0) is 36.4 Å². The fraction of sp³-hybridized carbons (Fsp3) is 0.417. The highest BCUT2D eigenvalue weighted by Crippen LogP contribution is 2.20. The van der Waals surface area contributed by atoms with E-state index >= 15 is 0 Å². The zero-order valence-electron chi connectivity index (χ0n) is 9.25. The summed E-state index contributed by atoms with van der Waals surface area (Å²) in [5.74, 6) is 1.20. The van der Waals surface area contributed by atoms with E-state index in [9.17, 15) is 4.79 Å². The van der Waals surface area contributed by atoms with Crippen molar-refractivity contribution in [2.75, 3.05) is 11.1 Å². The number of amides is 1. The van der Waals surface area contributed by atoms with Crippen LogP contribution < -0.4 is 5.32 Å². The zero-order valence-corrected chi connectivity index (χ0v) is 10.1. The Morgan fingerprint density at radius 2 is 1.93 bits per heavy atom. The molecule has 15 heavy (non-hydrogen) atoms. The van der Waals surface area contributed by atoms with Crippen molar-refractivity contribution in [3.63, 3.8) is 0 Å². The second-order valence-electron chi connectivity index (χ2n) is 3.27. The summed E-state index contributed by atoms with van der Waals surface area (Å²) in [5, 5.41) is 2.83. The minimum absolute atomic E-state index is 0.0592. The molecule has 0 saturated carbocycles. The molecular formula is C12H17NOS. The monoisotopic (exact) mass is 223 g/mol. The Labute approximate surface area is 95.5 Å².